The zero-order valence-corrected chi connectivity index (χ0v) is 15.2. The van der Waals surface area contributed by atoms with Crippen molar-refractivity contribution < 1.29 is 19.1 Å². The lowest BCUT2D eigenvalue weighted by Gasteiger charge is -2.37. The van der Waals surface area contributed by atoms with Gasteiger partial charge in [-0.25, -0.2) is 9.59 Å². The van der Waals surface area contributed by atoms with Crippen LogP contribution in [0.2, 0.25) is 0 Å². The Morgan fingerprint density at radius 2 is 1.96 bits per heavy atom. The number of carbonyl (C=O) groups excluding carboxylic acids is 2. The molecule has 0 N–H and O–H groups in total. The van der Waals surface area contributed by atoms with Gasteiger partial charge in [0.05, 0.1) is 12.7 Å². The third kappa shape index (κ3) is 4.49. The van der Waals surface area contributed by atoms with Gasteiger partial charge in [0.2, 0.25) is 0 Å². The van der Waals surface area contributed by atoms with E-state index in [4.69, 9.17) is 9.47 Å². The van der Waals surface area contributed by atoms with Crippen LogP contribution in [-0.2, 0) is 9.47 Å². The molecule has 1 heterocycles. The number of amides is 1. The van der Waals surface area contributed by atoms with Crippen molar-refractivity contribution in [3.63, 3.8) is 0 Å². The summed E-state index contributed by atoms with van der Waals surface area (Å²) >= 11 is 0. The summed E-state index contributed by atoms with van der Waals surface area (Å²) in [7, 11) is 1.39. The van der Waals surface area contributed by atoms with Crippen LogP contribution in [-0.4, -0.2) is 42.8 Å². The standard InChI is InChI=1S/C19H27NO4/c1-13-12-20(18(22)24-19(2,3)4)10-9-16(13)14-7-6-8-15(11-14)17(21)23-5/h6-8,11,13,16H,9-10,12H2,1-5H3. The van der Waals surface area contributed by atoms with Crippen LogP contribution in [0, 0.1) is 5.92 Å². The minimum atomic E-state index is -0.480. The van der Waals surface area contributed by atoms with Crippen LogP contribution in [0.1, 0.15) is 56.0 Å². The van der Waals surface area contributed by atoms with Crippen molar-refractivity contribution in [2.75, 3.05) is 20.2 Å². The summed E-state index contributed by atoms with van der Waals surface area (Å²) in [6.45, 7) is 9.07. The van der Waals surface area contributed by atoms with Gasteiger partial charge in [0, 0.05) is 13.1 Å². The predicted molar refractivity (Wildman–Crippen MR) is 92.1 cm³/mol. The van der Waals surface area contributed by atoms with Gasteiger partial charge in [-0.15, -0.1) is 0 Å². The van der Waals surface area contributed by atoms with Crippen LogP contribution in [0.4, 0.5) is 4.79 Å². The fraction of sp³-hybridized carbons (Fsp3) is 0.579. The zero-order valence-electron chi connectivity index (χ0n) is 15.2. The maximum Gasteiger partial charge on any atom is 0.410 e. The number of carbonyl (C=O) groups is 2. The Balaban J connectivity index is 2.06. The van der Waals surface area contributed by atoms with E-state index in [-0.39, 0.29) is 12.1 Å². The van der Waals surface area contributed by atoms with Gasteiger partial charge in [-0.05, 0) is 56.7 Å². The molecule has 5 nitrogen and oxygen atoms in total. The quantitative estimate of drug-likeness (QED) is 0.772. The monoisotopic (exact) mass is 333 g/mol. The lowest BCUT2D eigenvalue weighted by Crippen LogP contribution is -2.44. The van der Waals surface area contributed by atoms with Gasteiger partial charge in [0.15, 0.2) is 0 Å². The molecule has 1 aromatic carbocycles. The summed E-state index contributed by atoms with van der Waals surface area (Å²) in [6.07, 6.45) is 0.599. The highest BCUT2D eigenvalue weighted by Gasteiger charge is 2.32. The number of rotatable bonds is 2. The number of esters is 1. The fourth-order valence-electron chi connectivity index (χ4n) is 3.15. The second kappa shape index (κ2) is 7.24. The minimum Gasteiger partial charge on any atom is -0.465 e. The molecule has 0 aliphatic carbocycles. The number of hydrogen-bond acceptors (Lipinski definition) is 4. The van der Waals surface area contributed by atoms with E-state index < -0.39 is 5.60 Å². The molecule has 0 bridgehead atoms. The number of piperidine rings is 1. The molecule has 24 heavy (non-hydrogen) atoms. The predicted octanol–water partition coefficient (Wildman–Crippen LogP) is 3.83. The largest absolute Gasteiger partial charge is 0.465 e. The van der Waals surface area contributed by atoms with Gasteiger partial charge in [0.25, 0.3) is 0 Å². The molecule has 0 spiro atoms. The SMILES string of the molecule is COC(=O)c1cccc(C2CCN(C(=O)OC(C)(C)C)CC2C)c1. The van der Waals surface area contributed by atoms with Crippen LogP contribution in [0.25, 0.3) is 0 Å². The first-order chi connectivity index (χ1) is 11.2. The lowest BCUT2D eigenvalue weighted by atomic mass is 9.81. The van der Waals surface area contributed by atoms with Gasteiger partial charge >= 0.3 is 12.1 Å². The van der Waals surface area contributed by atoms with Gasteiger partial charge in [-0.3, -0.25) is 0 Å². The summed E-state index contributed by atoms with van der Waals surface area (Å²) < 4.78 is 10.2. The molecule has 1 aromatic rings. The third-order valence-electron chi connectivity index (χ3n) is 4.29. The topological polar surface area (TPSA) is 55.8 Å². The molecule has 0 radical (unpaired) electrons. The van der Waals surface area contributed by atoms with Crippen molar-refractivity contribution >= 4 is 12.1 Å². The van der Waals surface area contributed by atoms with Crippen molar-refractivity contribution in [3.05, 3.63) is 35.4 Å². The Morgan fingerprint density at radius 1 is 1.25 bits per heavy atom. The van der Waals surface area contributed by atoms with E-state index in [1.165, 1.54) is 7.11 Å². The van der Waals surface area contributed by atoms with Gasteiger partial charge in [-0.1, -0.05) is 19.1 Å². The van der Waals surface area contributed by atoms with Crippen LogP contribution in [0.15, 0.2) is 24.3 Å². The highest BCUT2D eigenvalue weighted by molar-refractivity contribution is 5.89. The number of methoxy groups -OCH3 is 1. The van der Waals surface area contributed by atoms with Crippen LogP contribution >= 0.6 is 0 Å². The van der Waals surface area contributed by atoms with E-state index in [2.05, 4.69) is 6.92 Å². The van der Waals surface area contributed by atoms with Crippen LogP contribution < -0.4 is 0 Å². The molecule has 1 aliphatic heterocycles. The summed E-state index contributed by atoms with van der Waals surface area (Å²) in [5, 5.41) is 0. The average molecular weight is 333 g/mol. The molecule has 132 valence electrons. The van der Waals surface area contributed by atoms with Crippen molar-refractivity contribution in [2.45, 2.75) is 45.6 Å². The van der Waals surface area contributed by atoms with E-state index in [1.54, 1.807) is 11.0 Å². The Labute approximate surface area is 143 Å². The van der Waals surface area contributed by atoms with E-state index in [0.29, 0.717) is 30.5 Å². The fourth-order valence-corrected chi connectivity index (χ4v) is 3.15. The molecule has 5 heteroatoms. The maximum absolute atomic E-state index is 12.2. The van der Waals surface area contributed by atoms with E-state index >= 15 is 0 Å². The smallest absolute Gasteiger partial charge is 0.410 e. The lowest BCUT2D eigenvalue weighted by molar-refractivity contribution is 0.0155. The van der Waals surface area contributed by atoms with Crippen LogP contribution in [0.5, 0.6) is 0 Å². The average Bonchev–Trinajstić information content (AvgIpc) is 2.52. The minimum absolute atomic E-state index is 0.254. The summed E-state index contributed by atoms with van der Waals surface area (Å²) in [5.41, 5.74) is 1.21. The molecule has 2 atom stereocenters. The summed E-state index contributed by atoms with van der Waals surface area (Å²) in [4.78, 5) is 25.7. The molecule has 0 aromatic heterocycles. The molecule has 1 saturated heterocycles. The number of nitrogens with zero attached hydrogens (tertiary/aromatic N) is 1. The highest BCUT2D eigenvalue weighted by atomic mass is 16.6. The van der Waals surface area contributed by atoms with E-state index in [0.717, 1.165) is 12.0 Å². The second-order valence-corrected chi connectivity index (χ2v) is 7.42. The maximum atomic E-state index is 12.2. The molecule has 1 fully saturated rings. The summed E-state index contributed by atoms with van der Waals surface area (Å²) in [6, 6.07) is 7.58. The molecule has 1 amide bonds. The number of ether oxygens (including phenoxy) is 2. The van der Waals surface area contributed by atoms with Crippen molar-refractivity contribution in [2.24, 2.45) is 5.92 Å². The highest BCUT2D eigenvalue weighted by Crippen LogP contribution is 2.33. The molecule has 2 rings (SSSR count). The molecule has 0 saturated carbocycles. The van der Waals surface area contributed by atoms with Gasteiger partial charge in [-0.2, -0.15) is 0 Å². The van der Waals surface area contributed by atoms with Gasteiger partial charge < -0.3 is 14.4 Å². The molecule has 1 aliphatic rings. The first-order valence-electron chi connectivity index (χ1n) is 8.37. The Bertz CT molecular complexity index is 606. The van der Waals surface area contributed by atoms with Gasteiger partial charge in [0.1, 0.15) is 5.60 Å². The zero-order chi connectivity index (χ0) is 17.9. The Morgan fingerprint density at radius 3 is 2.54 bits per heavy atom. The van der Waals surface area contributed by atoms with Crippen molar-refractivity contribution in [1.82, 2.24) is 4.90 Å². The number of likely N-dealkylation sites (tertiary alicyclic amines) is 1. The van der Waals surface area contributed by atoms with Crippen molar-refractivity contribution in [3.8, 4) is 0 Å². The van der Waals surface area contributed by atoms with E-state index in [9.17, 15) is 9.59 Å². The first-order valence-corrected chi connectivity index (χ1v) is 8.37. The Hall–Kier alpha value is -2.04. The molecule has 2 unspecified atom stereocenters. The molecular weight excluding hydrogens is 306 g/mol. The molecular formula is C19H27NO4. The second-order valence-electron chi connectivity index (χ2n) is 7.42. The Kier molecular flexibility index (Phi) is 5.52. The van der Waals surface area contributed by atoms with Crippen molar-refractivity contribution in [1.29, 1.82) is 0 Å². The number of benzene rings is 1. The third-order valence-corrected chi connectivity index (χ3v) is 4.29. The van der Waals surface area contributed by atoms with Crippen LogP contribution in [0.3, 0.4) is 0 Å². The first kappa shape index (κ1) is 18.3. The summed E-state index contributed by atoms with van der Waals surface area (Å²) in [5.74, 6) is 0.281. The number of hydrogen-bond donors (Lipinski definition) is 0. The normalized spacial score (nSPS) is 21.3. The van der Waals surface area contributed by atoms with E-state index in [1.807, 2.05) is 39.0 Å².